The average Bonchev–Trinajstić information content (AvgIpc) is 2.78. The van der Waals surface area contributed by atoms with Crippen LogP contribution in [-0.4, -0.2) is 38.0 Å². The maximum atomic E-state index is 5.31. The Labute approximate surface area is 104 Å². The Morgan fingerprint density at radius 3 is 3.00 bits per heavy atom. The first-order valence-corrected chi connectivity index (χ1v) is 6.29. The molecule has 0 saturated carbocycles. The molecule has 1 heterocycles. The monoisotopic (exact) mass is 240 g/mol. The summed E-state index contributed by atoms with van der Waals surface area (Å²) in [7, 11) is 1.72. The van der Waals surface area contributed by atoms with Crippen molar-refractivity contribution in [1.82, 2.24) is 9.88 Å². The Morgan fingerprint density at radius 2 is 2.24 bits per heavy atom. The first kappa shape index (κ1) is 14.2. The molecule has 0 unspecified atom stereocenters. The number of ether oxygens (including phenoxy) is 2. The second-order valence-electron chi connectivity index (χ2n) is 3.98. The van der Waals surface area contributed by atoms with Crippen molar-refractivity contribution >= 4 is 0 Å². The van der Waals surface area contributed by atoms with E-state index >= 15 is 0 Å². The van der Waals surface area contributed by atoms with Crippen molar-refractivity contribution in [3.8, 4) is 0 Å². The first-order chi connectivity index (χ1) is 8.36. The zero-order chi connectivity index (χ0) is 12.3. The summed E-state index contributed by atoms with van der Waals surface area (Å²) in [6, 6.07) is 2.15. The van der Waals surface area contributed by atoms with Crippen LogP contribution in [0.25, 0.3) is 0 Å². The molecule has 0 aliphatic rings. The number of hydrogen-bond donors (Lipinski definition) is 1. The molecule has 0 aliphatic carbocycles. The number of nitrogens with one attached hydrogen (secondary N) is 1. The second kappa shape index (κ2) is 9.22. The standard InChI is InChI=1S/C13H24N2O2/c1-3-17-9-4-7-15-8-5-13(12-15)11-14-6-10-16-2/h5,8,12,14H,3-4,6-7,9-11H2,1-2H3. The molecule has 0 atom stereocenters. The molecule has 1 aromatic rings. The van der Waals surface area contributed by atoms with E-state index in [-0.39, 0.29) is 0 Å². The molecule has 4 heteroatoms. The van der Waals surface area contributed by atoms with Crippen LogP contribution in [-0.2, 0) is 22.6 Å². The van der Waals surface area contributed by atoms with Crippen LogP contribution >= 0.6 is 0 Å². The normalized spacial score (nSPS) is 10.9. The lowest BCUT2D eigenvalue weighted by Gasteiger charge is -2.03. The van der Waals surface area contributed by atoms with E-state index in [1.807, 2.05) is 6.92 Å². The van der Waals surface area contributed by atoms with Crippen molar-refractivity contribution in [2.45, 2.75) is 26.4 Å². The van der Waals surface area contributed by atoms with Crippen LogP contribution in [0.1, 0.15) is 18.9 Å². The van der Waals surface area contributed by atoms with E-state index < -0.39 is 0 Å². The van der Waals surface area contributed by atoms with Gasteiger partial charge in [-0.05, 0) is 25.0 Å². The van der Waals surface area contributed by atoms with Crippen LogP contribution in [0.5, 0.6) is 0 Å². The smallest absolute Gasteiger partial charge is 0.0587 e. The maximum absolute atomic E-state index is 5.31. The summed E-state index contributed by atoms with van der Waals surface area (Å²) < 4.78 is 12.5. The number of aromatic nitrogens is 1. The summed E-state index contributed by atoms with van der Waals surface area (Å²) in [5, 5.41) is 3.33. The molecule has 17 heavy (non-hydrogen) atoms. The molecule has 0 saturated heterocycles. The van der Waals surface area contributed by atoms with Gasteiger partial charge in [-0.2, -0.15) is 0 Å². The zero-order valence-corrected chi connectivity index (χ0v) is 10.9. The SMILES string of the molecule is CCOCCCn1ccc(CNCCOC)c1. The molecule has 0 bridgehead atoms. The second-order valence-corrected chi connectivity index (χ2v) is 3.98. The van der Waals surface area contributed by atoms with Crippen LogP contribution in [0.2, 0.25) is 0 Å². The third-order valence-corrected chi connectivity index (χ3v) is 2.53. The fourth-order valence-electron chi connectivity index (χ4n) is 1.63. The lowest BCUT2D eigenvalue weighted by molar-refractivity contribution is 0.141. The van der Waals surface area contributed by atoms with Crippen molar-refractivity contribution in [1.29, 1.82) is 0 Å². The van der Waals surface area contributed by atoms with Crippen LogP contribution in [0, 0.1) is 0 Å². The number of rotatable bonds is 10. The van der Waals surface area contributed by atoms with Crippen molar-refractivity contribution in [3.05, 3.63) is 24.0 Å². The van der Waals surface area contributed by atoms with Gasteiger partial charge in [0.1, 0.15) is 0 Å². The topological polar surface area (TPSA) is 35.4 Å². The van der Waals surface area contributed by atoms with Crippen molar-refractivity contribution in [2.75, 3.05) is 33.5 Å². The highest BCUT2D eigenvalue weighted by atomic mass is 16.5. The number of methoxy groups -OCH3 is 1. The number of hydrogen-bond acceptors (Lipinski definition) is 3. The van der Waals surface area contributed by atoms with E-state index in [0.717, 1.165) is 45.9 Å². The van der Waals surface area contributed by atoms with Crippen molar-refractivity contribution in [2.24, 2.45) is 0 Å². The van der Waals surface area contributed by atoms with Crippen LogP contribution in [0.15, 0.2) is 18.5 Å². The summed E-state index contributed by atoms with van der Waals surface area (Å²) in [4.78, 5) is 0. The third-order valence-electron chi connectivity index (χ3n) is 2.53. The van der Waals surface area contributed by atoms with Crippen molar-refractivity contribution in [3.63, 3.8) is 0 Å². The van der Waals surface area contributed by atoms with Gasteiger partial charge in [-0.25, -0.2) is 0 Å². The number of aryl methyl sites for hydroxylation is 1. The van der Waals surface area contributed by atoms with Gasteiger partial charge in [-0.15, -0.1) is 0 Å². The number of nitrogens with zero attached hydrogens (tertiary/aromatic N) is 1. The van der Waals surface area contributed by atoms with E-state index in [2.05, 4.69) is 28.3 Å². The van der Waals surface area contributed by atoms with E-state index in [1.165, 1.54) is 5.56 Å². The molecule has 0 spiro atoms. The Hall–Kier alpha value is -0.840. The fourth-order valence-corrected chi connectivity index (χ4v) is 1.63. The summed E-state index contributed by atoms with van der Waals surface area (Å²) in [5.74, 6) is 0. The van der Waals surface area contributed by atoms with Crippen LogP contribution in [0.3, 0.4) is 0 Å². The molecule has 1 N–H and O–H groups in total. The minimum absolute atomic E-state index is 0.759. The molecule has 0 aliphatic heterocycles. The minimum Gasteiger partial charge on any atom is -0.383 e. The molecule has 0 amide bonds. The predicted molar refractivity (Wildman–Crippen MR) is 69.1 cm³/mol. The lowest BCUT2D eigenvalue weighted by atomic mass is 10.3. The van der Waals surface area contributed by atoms with E-state index in [4.69, 9.17) is 9.47 Å². The van der Waals surface area contributed by atoms with Gasteiger partial charge >= 0.3 is 0 Å². The molecular weight excluding hydrogens is 216 g/mol. The summed E-state index contributed by atoms with van der Waals surface area (Å²) in [6.45, 7) is 7.26. The summed E-state index contributed by atoms with van der Waals surface area (Å²) >= 11 is 0. The predicted octanol–water partition coefficient (Wildman–Crippen LogP) is 1.65. The van der Waals surface area contributed by atoms with Gasteiger partial charge in [0, 0.05) is 52.4 Å². The van der Waals surface area contributed by atoms with E-state index in [9.17, 15) is 0 Å². The van der Waals surface area contributed by atoms with Gasteiger partial charge < -0.3 is 19.4 Å². The quantitative estimate of drug-likeness (QED) is 0.632. The minimum atomic E-state index is 0.759. The third kappa shape index (κ3) is 6.46. The Bertz CT molecular complexity index is 260. The highest BCUT2D eigenvalue weighted by molar-refractivity contribution is 5.09. The van der Waals surface area contributed by atoms with Gasteiger partial charge in [-0.1, -0.05) is 0 Å². The summed E-state index contributed by atoms with van der Waals surface area (Å²) in [5.41, 5.74) is 1.32. The van der Waals surface area contributed by atoms with Gasteiger partial charge in [-0.3, -0.25) is 0 Å². The maximum Gasteiger partial charge on any atom is 0.0587 e. The molecule has 1 rings (SSSR count). The molecule has 98 valence electrons. The fraction of sp³-hybridized carbons (Fsp3) is 0.692. The zero-order valence-electron chi connectivity index (χ0n) is 10.9. The van der Waals surface area contributed by atoms with Gasteiger partial charge in [0.15, 0.2) is 0 Å². The summed E-state index contributed by atoms with van der Waals surface area (Å²) in [6.07, 6.45) is 5.38. The Kier molecular flexibility index (Phi) is 7.71. The first-order valence-electron chi connectivity index (χ1n) is 6.29. The molecule has 1 aromatic heterocycles. The van der Waals surface area contributed by atoms with Crippen LogP contribution < -0.4 is 5.32 Å². The Balaban J connectivity index is 2.14. The highest BCUT2D eigenvalue weighted by Crippen LogP contribution is 2.02. The van der Waals surface area contributed by atoms with Crippen LogP contribution in [0.4, 0.5) is 0 Å². The molecule has 4 nitrogen and oxygen atoms in total. The van der Waals surface area contributed by atoms with E-state index in [1.54, 1.807) is 7.11 Å². The van der Waals surface area contributed by atoms with Crippen molar-refractivity contribution < 1.29 is 9.47 Å². The molecule has 0 aromatic carbocycles. The highest BCUT2D eigenvalue weighted by Gasteiger charge is 1.96. The van der Waals surface area contributed by atoms with Gasteiger partial charge in [0.25, 0.3) is 0 Å². The van der Waals surface area contributed by atoms with Gasteiger partial charge in [0.2, 0.25) is 0 Å². The Morgan fingerprint density at radius 1 is 1.35 bits per heavy atom. The molecule has 0 fully saturated rings. The lowest BCUT2D eigenvalue weighted by Crippen LogP contribution is -2.18. The molecule has 0 radical (unpaired) electrons. The van der Waals surface area contributed by atoms with E-state index in [0.29, 0.717) is 0 Å². The largest absolute Gasteiger partial charge is 0.383 e. The molecular formula is C13H24N2O2. The van der Waals surface area contributed by atoms with Gasteiger partial charge in [0.05, 0.1) is 6.61 Å². The average molecular weight is 240 g/mol.